The smallest absolute Gasteiger partial charge is 0.225 e. The van der Waals surface area contributed by atoms with Crippen LogP contribution < -0.4 is 10.6 Å². The minimum Gasteiger partial charge on any atom is -0.396 e. The molecule has 0 radical (unpaired) electrons. The van der Waals surface area contributed by atoms with Crippen molar-refractivity contribution in [2.24, 2.45) is 0 Å². The molecule has 2 fully saturated rings. The molecule has 2 atom stereocenters. The van der Waals surface area contributed by atoms with E-state index < -0.39 is 0 Å². The van der Waals surface area contributed by atoms with Crippen LogP contribution in [0.1, 0.15) is 25.7 Å². The van der Waals surface area contributed by atoms with Crippen LogP contribution in [0, 0.1) is 0 Å². The van der Waals surface area contributed by atoms with Gasteiger partial charge in [-0.1, -0.05) is 12.8 Å². The van der Waals surface area contributed by atoms with E-state index in [-0.39, 0.29) is 0 Å². The van der Waals surface area contributed by atoms with E-state index in [1.54, 1.807) is 12.4 Å². The maximum absolute atomic E-state index is 5.84. The van der Waals surface area contributed by atoms with E-state index in [0.29, 0.717) is 17.8 Å². The second-order valence-electron chi connectivity index (χ2n) is 4.77. The Kier molecular flexibility index (Phi) is 2.84. The molecule has 1 saturated carbocycles. The molecule has 1 saturated heterocycles. The number of fused-ring (bicyclic) bond motifs is 1. The van der Waals surface area contributed by atoms with Gasteiger partial charge in [-0.25, -0.2) is 9.97 Å². The Hall–Kier alpha value is -1.36. The van der Waals surface area contributed by atoms with Crippen LogP contribution in [0.3, 0.4) is 0 Å². The van der Waals surface area contributed by atoms with Gasteiger partial charge in [-0.05, 0) is 12.8 Å². The minimum atomic E-state index is 0.360. The molecule has 17 heavy (non-hydrogen) atoms. The lowest BCUT2D eigenvalue weighted by Crippen LogP contribution is -2.53. The lowest BCUT2D eigenvalue weighted by atomic mass is 9.90. The number of ether oxygens (including phenoxy) is 1. The molecule has 1 aromatic rings. The van der Waals surface area contributed by atoms with Crippen LogP contribution in [0.4, 0.5) is 11.6 Å². The number of hydrogen-bond acceptors (Lipinski definition) is 5. The van der Waals surface area contributed by atoms with E-state index in [1.165, 1.54) is 19.3 Å². The van der Waals surface area contributed by atoms with E-state index in [4.69, 9.17) is 10.5 Å². The topological polar surface area (TPSA) is 64.3 Å². The molecule has 3 rings (SSSR count). The molecular formula is C12H18N4O. The molecule has 0 amide bonds. The summed E-state index contributed by atoms with van der Waals surface area (Å²) in [5, 5.41) is 0. The number of aromatic nitrogens is 2. The summed E-state index contributed by atoms with van der Waals surface area (Å²) < 4.78 is 5.84. The number of hydrogen-bond donors (Lipinski definition) is 1. The van der Waals surface area contributed by atoms with Gasteiger partial charge in [-0.2, -0.15) is 0 Å². The Morgan fingerprint density at radius 1 is 1.24 bits per heavy atom. The number of morpholine rings is 1. The first kappa shape index (κ1) is 10.8. The van der Waals surface area contributed by atoms with Crippen molar-refractivity contribution in [3.05, 3.63) is 12.4 Å². The third-order valence-corrected chi connectivity index (χ3v) is 3.65. The van der Waals surface area contributed by atoms with Crippen molar-refractivity contribution in [3.8, 4) is 0 Å². The first-order valence-corrected chi connectivity index (χ1v) is 6.30. The molecule has 2 unspecified atom stereocenters. The highest BCUT2D eigenvalue weighted by Crippen LogP contribution is 2.30. The zero-order chi connectivity index (χ0) is 11.7. The Bertz CT molecular complexity index is 379. The van der Waals surface area contributed by atoms with E-state index in [9.17, 15) is 0 Å². The molecule has 5 heteroatoms. The Labute approximate surface area is 101 Å². The summed E-state index contributed by atoms with van der Waals surface area (Å²) >= 11 is 0. The van der Waals surface area contributed by atoms with Crippen molar-refractivity contribution in [1.82, 2.24) is 9.97 Å². The normalized spacial score (nSPS) is 28.8. The monoisotopic (exact) mass is 234 g/mol. The lowest BCUT2D eigenvalue weighted by molar-refractivity contribution is -0.00931. The summed E-state index contributed by atoms with van der Waals surface area (Å²) in [6.45, 7) is 1.65. The average molecular weight is 234 g/mol. The van der Waals surface area contributed by atoms with Gasteiger partial charge in [0.1, 0.15) is 0 Å². The maximum atomic E-state index is 5.84. The summed E-state index contributed by atoms with van der Waals surface area (Å²) in [4.78, 5) is 10.9. The third-order valence-electron chi connectivity index (χ3n) is 3.65. The minimum absolute atomic E-state index is 0.360. The summed E-state index contributed by atoms with van der Waals surface area (Å²) in [7, 11) is 0. The number of nitrogen functional groups attached to an aromatic ring is 1. The Morgan fingerprint density at radius 3 is 2.82 bits per heavy atom. The Balaban J connectivity index is 1.83. The van der Waals surface area contributed by atoms with Gasteiger partial charge in [-0.15, -0.1) is 0 Å². The van der Waals surface area contributed by atoms with Crippen LogP contribution in [-0.4, -0.2) is 35.3 Å². The molecule has 2 N–H and O–H groups in total. The van der Waals surface area contributed by atoms with E-state index >= 15 is 0 Å². The molecule has 0 spiro atoms. The van der Waals surface area contributed by atoms with Crippen LogP contribution >= 0.6 is 0 Å². The summed E-state index contributed by atoms with van der Waals surface area (Å²) in [5.74, 6) is 0.791. The van der Waals surface area contributed by atoms with Crippen LogP contribution in [0.2, 0.25) is 0 Å². The first-order chi connectivity index (χ1) is 8.34. The molecule has 0 bridgehead atoms. The maximum Gasteiger partial charge on any atom is 0.225 e. The van der Waals surface area contributed by atoms with Gasteiger partial charge in [0.05, 0.1) is 36.8 Å². The lowest BCUT2D eigenvalue weighted by Gasteiger charge is -2.43. The highest BCUT2D eigenvalue weighted by atomic mass is 16.5. The molecule has 1 aliphatic carbocycles. The molecule has 2 heterocycles. The van der Waals surface area contributed by atoms with Crippen molar-refractivity contribution >= 4 is 11.6 Å². The zero-order valence-electron chi connectivity index (χ0n) is 9.88. The fourth-order valence-electron chi connectivity index (χ4n) is 2.82. The van der Waals surface area contributed by atoms with Crippen molar-refractivity contribution in [2.75, 3.05) is 23.8 Å². The molecule has 1 aromatic heterocycles. The number of anilines is 2. The average Bonchev–Trinajstić information content (AvgIpc) is 2.39. The fourth-order valence-corrected chi connectivity index (χ4v) is 2.82. The van der Waals surface area contributed by atoms with Crippen LogP contribution in [-0.2, 0) is 4.74 Å². The first-order valence-electron chi connectivity index (χ1n) is 6.30. The molecule has 0 aromatic carbocycles. The van der Waals surface area contributed by atoms with Gasteiger partial charge in [0, 0.05) is 6.54 Å². The largest absolute Gasteiger partial charge is 0.396 e. The Morgan fingerprint density at radius 2 is 2.00 bits per heavy atom. The predicted octanol–water partition coefficient (Wildman–Crippen LogP) is 1.21. The highest BCUT2D eigenvalue weighted by molar-refractivity contribution is 5.39. The van der Waals surface area contributed by atoms with Crippen molar-refractivity contribution in [2.45, 2.75) is 37.8 Å². The van der Waals surface area contributed by atoms with Gasteiger partial charge < -0.3 is 15.4 Å². The summed E-state index contributed by atoms with van der Waals surface area (Å²) in [6, 6.07) is 0.445. The van der Waals surface area contributed by atoms with Gasteiger partial charge in [0.25, 0.3) is 0 Å². The second-order valence-corrected chi connectivity index (χ2v) is 4.77. The molecule has 5 nitrogen and oxygen atoms in total. The van der Waals surface area contributed by atoms with Crippen LogP contribution in [0.15, 0.2) is 12.4 Å². The SMILES string of the molecule is Nc1cnc(N2CCOC3CCCCC32)nc1. The van der Waals surface area contributed by atoms with Gasteiger partial charge in [0.2, 0.25) is 5.95 Å². The van der Waals surface area contributed by atoms with Crippen molar-refractivity contribution in [1.29, 1.82) is 0 Å². The molecule has 92 valence electrons. The number of rotatable bonds is 1. The fraction of sp³-hybridized carbons (Fsp3) is 0.667. The molecule has 1 aliphatic heterocycles. The van der Waals surface area contributed by atoms with E-state index in [0.717, 1.165) is 25.5 Å². The third kappa shape index (κ3) is 2.07. The van der Waals surface area contributed by atoms with E-state index in [1.807, 2.05) is 0 Å². The van der Waals surface area contributed by atoms with E-state index in [2.05, 4.69) is 14.9 Å². The number of nitrogens with zero attached hydrogens (tertiary/aromatic N) is 3. The van der Waals surface area contributed by atoms with Gasteiger partial charge in [0.15, 0.2) is 0 Å². The van der Waals surface area contributed by atoms with Gasteiger partial charge >= 0.3 is 0 Å². The van der Waals surface area contributed by atoms with Crippen molar-refractivity contribution < 1.29 is 4.74 Å². The second kappa shape index (κ2) is 4.49. The standard InChI is InChI=1S/C12H18N4O/c13-9-7-14-12(15-8-9)16-5-6-17-11-4-2-1-3-10(11)16/h7-8,10-11H,1-6,13H2. The van der Waals surface area contributed by atoms with Gasteiger partial charge in [-0.3, -0.25) is 0 Å². The quantitative estimate of drug-likeness (QED) is 0.791. The predicted molar refractivity (Wildman–Crippen MR) is 65.8 cm³/mol. The number of nitrogens with two attached hydrogens (primary N) is 1. The molecule has 2 aliphatic rings. The van der Waals surface area contributed by atoms with Crippen LogP contribution in [0.25, 0.3) is 0 Å². The zero-order valence-corrected chi connectivity index (χ0v) is 9.88. The van der Waals surface area contributed by atoms with Crippen LogP contribution in [0.5, 0.6) is 0 Å². The molecular weight excluding hydrogens is 216 g/mol. The van der Waals surface area contributed by atoms with Crippen molar-refractivity contribution in [3.63, 3.8) is 0 Å². The highest BCUT2D eigenvalue weighted by Gasteiger charge is 2.35. The summed E-state index contributed by atoms with van der Waals surface area (Å²) in [6.07, 6.45) is 8.60. The summed E-state index contributed by atoms with van der Waals surface area (Å²) in [5.41, 5.74) is 6.23.